The quantitative estimate of drug-likeness (QED) is 0.481. The van der Waals surface area contributed by atoms with Crippen molar-refractivity contribution in [2.75, 3.05) is 5.32 Å². The van der Waals surface area contributed by atoms with Crippen LogP contribution in [0.3, 0.4) is 0 Å². The number of alkyl halides is 3. The fourth-order valence-corrected chi connectivity index (χ4v) is 2.89. The van der Waals surface area contributed by atoms with Gasteiger partial charge in [-0.05, 0) is 18.2 Å². The van der Waals surface area contributed by atoms with E-state index in [1.807, 2.05) is 0 Å². The highest BCUT2D eigenvalue weighted by atomic mass is 19.4. The number of aromatic nitrogens is 3. The zero-order chi connectivity index (χ0) is 22.9. The summed E-state index contributed by atoms with van der Waals surface area (Å²) in [4.78, 5) is 50.9. The fourth-order valence-electron chi connectivity index (χ4n) is 2.89. The van der Waals surface area contributed by atoms with Crippen LogP contribution in [0.4, 0.5) is 24.5 Å². The van der Waals surface area contributed by atoms with Gasteiger partial charge >= 0.3 is 11.9 Å². The molecular weight excluding hydrogens is 423 g/mol. The van der Waals surface area contributed by atoms with Crippen molar-refractivity contribution in [1.82, 2.24) is 14.1 Å². The van der Waals surface area contributed by atoms with Crippen LogP contribution in [0, 0.1) is 10.1 Å². The van der Waals surface area contributed by atoms with Gasteiger partial charge in [0.2, 0.25) is 5.91 Å². The summed E-state index contributed by atoms with van der Waals surface area (Å²) in [6, 6.07) is 6.96. The normalized spacial score (nSPS) is 11.5. The largest absolute Gasteiger partial charge is 0.433 e. The van der Waals surface area contributed by atoms with Crippen molar-refractivity contribution in [1.29, 1.82) is 0 Å². The van der Waals surface area contributed by atoms with E-state index in [0.29, 0.717) is 10.6 Å². The lowest BCUT2D eigenvalue weighted by Gasteiger charge is -2.12. The first kappa shape index (κ1) is 21.7. The summed E-state index contributed by atoms with van der Waals surface area (Å²) in [6.07, 6.45) is -5.14. The first-order valence-electron chi connectivity index (χ1n) is 8.71. The highest BCUT2D eigenvalue weighted by Crippen LogP contribution is 2.28. The summed E-state index contributed by atoms with van der Waals surface area (Å²) >= 11 is 0. The summed E-state index contributed by atoms with van der Waals surface area (Å²) in [7, 11) is 1.15. The van der Waals surface area contributed by atoms with Gasteiger partial charge in [-0.1, -0.05) is 12.1 Å². The van der Waals surface area contributed by atoms with Crippen LogP contribution in [-0.2, 0) is 24.6 Å². The number of benzene rings is 1. The molecule has 162 valence electrons. The molecule has 0 fully saturated rings. The number of nitrogens with one attached hydrogen (secondary N) is 1. The van der Waals surface area contributed by atoms with Gasteiger partial charge in [-0.3, -0.25) is 28.8 Å². The van der Waals surface area contributed by atoms with Crippen molar-refractivity contribution in [2.45, 2.75) is 19.1 Å². The van der Waals surface area contributed by atoms with Crippen molar-refractivity contribution in [2.24, 2.45) is 7.05 Å². The van der Waals surface area contributed by atoms with E-state index in [0.717, 1.165) is 17.7 Å². The highest BCUT2D eigenvalue weighted by Gasteiger charge is 2.33. The molecule has 0 saturated carbocycles. The first-order valence-corrected chi connectivity index (χ1v) is 8.71. The minimum Gasteiger partial charge on any atom is -0.320 e. The standard InChI is InChI=1S/C18H14F3N5O5/c1-24-15-10(6-7-13(23-15)18(19,20)21)16(28)25(17(24)29)9-8-14(27)22-11-4-2-3-5-12(11)26(30)31/h2-7H,8-9H2,1H3,(H,22,27). The average Bonchev–Trinajstić information content (AvgIpc) is 2.71. The van der Waals surface area contributed by atoms with Gasteiger partial charge in [-0.2, -0.15) is 13.2 Å². The third-order valence-corrected chi connectivity index (χ3v) is 4.41. The molecule has 1 amide bonds. The molecule has 2 heterocycles. The second-order valence-corrected chi connectivity index (χ2v) is 6.44. The van der Waals surface area contributed by atoms with Gasteiger partial charge in [-0.25, -0.2) is 9.78 Å². The molecule has 0 aliphatic carbocycles. The lowest BCUT2D eigenvalue weighted by atomic mass is 10.2. The van der Waals surface area contributed by atoms with Crippen LogP contribution >= 0.6 is 0 Å². The highest BCUT2D eigenvalue weighted by molar-refractivity contribution is 5.93. The predicted octanol–water partition coefficient (Wildman–Crippen LogP) is 2.05. The topological polar surface area (TPSA) is 129 Å². The number of pyridine rings is 1. The molecule has 0 aliphatic rings. The molecule has 13 heteroatoms. The van der Waals surface area contributed by atoms with E-state index < -0.39 is 46.1 Å². The molecule has 0 unspecified atom stereocenters. The molecule has 3 rings (SSSR count). The number of hydrogen-bond acceptors (Lipinski definition) is 6. The van der Waals surface area contributed by atoms with Crippen LogP contribution in [-0.4, -0.2) is 24.9 Å². The molecule has 2 aromatic heterocycles. The molecule has 0 bridgehead atoms. The van der Waals surface area contributed by atoms with Gasteiger partial charge in [0.25, 0.3) is 11.2 Å². The van der Waals surface area contributed by atoms with E-state index in [1.165, 1.54) is 24.3 Å². The number of nitrogens with zero attached hydrogens (tertiary/aromatic N) is 4. The van der Waals surface area contributed by atoms with Crippen molar-refractivity contribution in [3.05, 3.63) is 73.0 Å². The van der Waals surface area contributed by atoms with E-state index >= 15 is 0 Å². The van der Waals surface area contributed by atoms with E-state index in [1.54, 1.807) is 0 Å². The number of anilines is 1. The van der Waals surface area contributed by atoms with E-state index in [4.69, 9.17) is 0 Å². The SMILES string of the molecule is Cn1c(=O)n(CCC(=O)Nc2ccccc2[N+](=O)[O-])c(=O)c2ccc(C(F)(F)F)nc21. The zero-order valence-electron chi connectivity index (χ0n) is 15.8. The Morgan fingerprint density at radius 1 is 1.19 bits per heavy atom. The second-order valence-electron chi connectivity index (χ2n) is 6.44. The Morgan fingerprint density at radius 3 is 2.52 bits per heavy atom. The van der Waals surface area contributed by atoms with Gasteiger partial charge in [0.15, 0.2) is 0 Å². The van der Waals surface area contributed by atoms with Gasteiger partial charge in [-0.15, -0.1) is 0 Å². The van der Waals surface area contributed by atoms with Crippen molar-refractivity contribution < 1.29 is 22.9 Å². The zero-order valence-corrected chi connectivity index (χ0v) is 15.8. The number of aryl methyl sites for hydroxylation is 1. The lowest BCUT2D eigenvalue weighted by Crippen LogP contribution is -2.40. The van der Waals surface area contributed by atoms with Crippen molar-refractivity contribution >= 4 is 28.3 Å². The third kappa shape index (κ3) is 4.29. The minimum absolute atomic E-state index is 0.0554. The number of nitro benzene ring substituents is 1. The number of carbonyl (C=O) groups excluding carboxylic acids is 1. The van der Waals surface area contributed by atoms with E-state index in [2.05, 4.69) is 10.3 Å². The van der Waals surface area contributed by atoms with Crippen LogP contribution in [0.25, 0.3) is 11.0 Å². The molecule has 0 saturated heterocycles. The summed E-state index contributed by atoms with van der Waals surface area (Å²) in [5.74, 6) is -0.700. The summed E-state index contributed by atoms with van der Waals surface area (Å²) < 4.78 is 40.1. The Balaban J connectivity index is 1.89. The number of para-hydroxylation sites is 2. The maximum absolute atomic E-state index is 12.9. The van der Waals surface area contributed by atoms with Gasteiger partial charge in [0.05, 0.1) is 10.3 Å². The Labute approximate surface area is 170 Å². The lowest BCUT2D eigenvalue weighted by molar-refractivity contribution is -0.383. The van der Waals surface area contributed by atoms with E-state index in [9.17, 15) is 37.7 Å². The first-order chi connectivity index (χ1) is 14.5. The smallest absolute Gasteiger partial charge is 0.320 e. The van der Waals surface area contributed by atoms with Gasteiger partial charge in [0, 0.05) is 26.1 Å². The van der Waals surface area contributed by atoms with Gasteiger partial charge < -0.3 is 5.32 Å². The molecule has 3 aromatic rings. The van der Waals surface area contributed by atoms with Crippen LogP contribution < -0.4 is 16.6 Å². The summed E-state index contributed by atoms with van der Waals surface area (Å²) in [6.45, 7) is -0.394. The number of fused-ring (bicyclic) bond motifs is 1. The average molecular weight is 437 g/mol. The molecule has 1 aromatic carbocycles. The maximum Gasteiger partial charge on any atom is 0.433 e. The molecular formula is C18H14F3N5O5. The van der Waals surface area contributed by atoms with Crippen LogP contribution in [0.5, 0.6) is 0 Å². The molecule has 0 aliphatic heterocycles. The van der Waals surface area contributed by atoms with Crippen molar-refractivity contribution in [3.63, 3.8) is 0 Å². The molecule has 10 nitrogen and oxygen atoms in total. The monoisotopic (exact) mass is 437 g/mol. The Bertz CT molecular complexity index is 1310. The second kappa shape index (κ2) is 8.01. The summed E-state index contributed by atoms with van der Waals surface area (Å²) in [5, 5.41) is 13.1. The van der Waals surface area contributed by atoms with Crippen LogP contribution in [0.15, 0.2) is 46.0 Å². The Kier molecular flexibility index (Phi) is 5.60. The Hall–Kier alpha value is -4.03. The molecule has 0 radical (unpaired) electrons. The minimum atomic E-state index is -4.75. The molecule has 0 spiro atoms. The fraction of sp³-hybridized carbons (Fsp3) is 0.222. The number of rotatable bonds is 5. The van der Waals surface area contributed by atoms with Crippen molar-refractivity contribution in [3.8, 4) is 0 Å². The van der Waals surface area contributed by atoms with Crippen LogP contribution in [0.1, 0.15) is 12.1 Å². The van der Waals surface area contributed by atoms with E-state index in [-0.39, 0.29) is 23.2 Å². The molecule has 0 atom stereocenters. The van der Waals surface area contributed by atoms with Gasteiger partial charge in [0.1, 0.15) is 17.0 Å². The molecule has 31 heavy (non-hydrogen) atoms. The number of nitro groups is 1. The summed E-state index contributed by atoms with van der Waals surface area (Å²) in [5.41, 5.74) is -3.94. The molecule has 1 N–H and O–H groups in total. The number of amides is 1. The number of carbonyl (C=O) groups is 1. The Morgan fingerprint density at radius 2 is 1.87 bits per heavy atom. The third-order valence-electron chi connectivity index (χ3n) is 4.41. The van der Waals surface area contributed by atoms with Crippen LogP contribution in [0.2, 0.25) is 0 Å². The predicted molar refractivity (Wildman–Crippen MR) is 103 cm³/mol. The number of halogens is 3. The number of hydrogen-bond donors (Lipinski definition) is 1. The maximum atomic E-state index is 12.9.